The van der Waals surface area contributed by atoms with Gasteiger partial charge in [0.1, 0.15) is 0 Å². The number of rotatable bonds is 2. The molecule has 0 bridgehead atoms. The summed E-state index contributed by atoms with van der Waals surface area (Å²) in [5.74, 6) is -0.104. The number of amides is 2. The molecule has 1 aliphatic rings. The van der Waals surface area contributed by atoms with Crippen LogP contribution in [-0.2, 0) is 9.59 Å². The molecule has 1 aliphatic heterocycles. The summed E-state index contributed by atoms with van der Waals surface area (Å²) in [7, 11) is 0. The predicted molar refractivity (Wildman–Crippen MR) is 59.8 cm³/mol. The van der Waals surface area contributed by atoms with Gasteiger partial charge in [-0.2, -0.15) is 0 Å². The molecule has 15 heavy (non-hydrogen) atoms. The third kappa shape index (κ3) is 3.90. The number of nitrogens with zero attached hydrogens (tertiary/aromatic N) is 1. The van der Waals surface area contributed by atoms with Crippen LogP contribution in [0.15, 0.2) is 0 Å². The standard InChI is InChI=1S/C9H16N2O2.C2H6/c1-6(2)8(12)10-11-5-4-7(3)9(11)13;1-2/h6-7H,4-5H2,1-3H3,(H,10,12);1-2H3. The molecule has 1 fully saturated rings. The Morgan fingerprint density at radius 1 is 1.47 bits per heavy atom. The predicted octanol–water partition coefficient (Wildman–Crippen LogP) is 1.57. The van der Waals surface area contributed by atoms with Crippen molar-refractivity contribution in [1.29, 1.82) is 0 Å². The molecule has 4 heteroatoms. The molecule has 0 aromatic carbocycles. The van der Waals surface area contributed by atoms with Crippen LogP contribution >= 0.6 is 0 Å². The van der Waals surface area contributed by atoms with Gasteiger partial charge >= 0.3 is 0 Å². The second kappa shape index (κ2) is 6.43. The maximum Gasteiger partial charge on any atom is 0.243 e. The lowest BCUT2D eigenvalue weighted by Gasteiger charge is -2.18. The van der Waals surface area contributed by atoms with E-state index < -0.39 is 0 Å². The fourth-order valence-corrected chi connectivity index (χ4v) is 1.20. The Balaban J connectivity index is 0.000000921. The Kier molecular flexibility index (Phi) is 5.97. The summed E-state index contributed by atoms with van der Waals surface area (Å²) in [5, 5.41) is 1.42. The average Bonchev–Trinajstić information content (AvgIpc) is 2.52. The van der Waals surface area contributed by atoms with Crippen molar-refractivity contribution >= 4 is 11.8 Å². The van der Waals surface area contributed by atoms with Crippen LogP contribution in [0.1, 0.15) is 41.0 Å². The number of hydrogen-bond donors (Lipinski definition) is 1. The molecule has 0 aliphatic carbocycles. The van der Waals surface area contributed by atoms with Gasteiger partial charge in [-0.3, -0.25) is 20.0 Å². The highest BCUT2D eigenvalue weighted by molar-refractivity contribution is 5.85. The second-order valence-electron chi connectivity index (χ2n) is 3.81. The largest absolute Gasteiger partial charge is 0.273 e. The van der Waals surface area contributed by atoms with Gasteiger partial charge in [0.15, 0.2) is 0 Å². The van der Waals surface area contributed by atoms with E-state index >= 15 is 0 Å². The van der Waals surface area contributed by atoms with Crippen molar-refractivity contribution in [2.24, 2.45) is 11.8 Å². The van der Waals surface area contributed by atoms with Gasteiger partial charge in [-0.1, -0.05) is 34.6 Å². The van der Waals surface area contributed by atoms with Crippen LogP contribution in [0.25, 0.3) is 0 Å². The zero-order chi connectivity index (χ0) is 12.0. The van der Waals surface area contributed by atoms with E-state index in [2.05, 4.69) is 5.43 Å². The smallest absolute Gasteiger partial charge is 0.243 e. The topological polar surface area (TPSA) is 49.4 Å². The van der Waals surface area contributed by atoms with Gasteiger partial charge in [0.05, 0.1) is 0 Å². The molecule has 1 rings (SSSR count). The van der Waals surface area contributed by atoms with Crippen LogP contribution in [0, 0.1) is 11.8 Å². The number of hydrogen-bond acceptors (Lipinski definition) is 2. The lowest BCUT2D eigenvalue weighted by Crippen LogP contribution is -2.45. The number of hydrazine groups is 1. The molecule has 1 heterocycles. The fourth-order valence-electron chi connectivity index (χ4n) is 1.20. The van der Waals surface area contributed by atoms with Gasteiger partial charge < -0.3 is 0 Å². The van der Waals surface area contributed by atoms with E-state index in [1.54, 1.807) is 13.8 Å². The molecular weight excluding hydrogens is 192 g/mol. The van der Waals surface area contributed by atoms with E-state index in [0.29, 0.717) is 6.54 Å². The molecule has 1 unspecified atom stereocenters. The van der Waals surface area contributed by atoms with E-state index in [9.17, 15) is 9.59 Å². The van der Waals surface area contributed by atoms with Gasteiger partial charge in [0, 0.05) is 18.4 Å². The lowest BCUT2D eigenvalue weighted by atomic mass is 10.1. The zero-order valence-electron chi connectivity index (χ0n) is 10.3. The lowest BCUT2D eigenvalue weighted by molar-refractivity contribution is -0.141. The van der Waals surface area contributed by atoms with Gasteiger partial charge in [-0.25, -0.2) is 0 Å². The van der Waals surface area contributed by atoms with Crippen molar-refractivity contribution in [3.8, 4) is 0 Å². The van der Waals surface area contributed by atoms with Crippen LogP contribution in [0.3, 0.4) is 0 Å². The van der Waals surface area contributed by atoms with Crippen molar-refractivity contribution in [3.63, 3.8) is 0 Å². The van der Waals surface area contributed by atoms with Crippen LogP contribution in [0.5, 0.6) is 0 Å². The van der Waals surface area contributed by atoms with Gasteiger partial charge in [-0.05, 0) is 6.42 Å². The SMILES string of the molecule is CC.CC(C)C(=O)NN1CCC(C)C1=O. The summed E-state index contributed by atoms with van der Waals surface area (Å²) in [6.07, 6.45) is 0.831. The first-order chi connectivity index (χ1) is 7.02. The van der Waals surface area contributed by atoms with Crippen LogP contribution < -0.4 is 5.43 Å². The van der Waals surface area contributed by atoms with E-state index in [-0.39, 0.29) is 23.7 Å². The first-order valence-corrected chi connectivity index (χ1v) is 5.64. The molecule has 0 radical (unpaired) electrons. The number of carbonyl (C=O) groups is 2. The Labute approximate surface area is 92.0 Å². The van der Waals surface area contributed by atoms with Crippen LogP contribution in [0.4, 0.5) is 0 Å². The van der Waals surface area contributed by atoms with E-state index in [4.69, 9.17) is 0 Å². The first kappa shape index (κ1) is 13.9. The molecule has 0 aromatic rings. The molecule has 1 atom stereocenters. The molecule has 0 aromatic heterocycles. The summed E-state index contributed by atoms with van der Waals surface area (Å²) in [4.78, 5) is 22.6. The third-order valence-electron chi connectivity index (χ3n) is 2.24. The normalized spacial score (nSPS) is 20.0. The molecule has 2 amide bonds. The van der Waals surface area contributed by atoms with Crippen molar-refractivity contribution in [2.75, 3.05) is 6.54 Å². The van der Waals surface area contributed by atoms with E-state index in [1.807, 2.05) is 20.8 Å². The molecular formula is C11H22N2O2. The molecule has 0 spiro atoms. The summed E-state index contributed by atoms with van der Waals surface area (Å²) in [5.41, 5.74) is 2.60. The minimum Gasteiger partial charge on any atom is -0.273 e. The van der Waals surface area contributed by atoms with Crippen LogP contribution in [0.2, 0.25) is 0 Å². The highest BCUT2D eigenvalue weighted by Gasteiger charge is 2.29. The van der Waals surface area contributed by atoms with Crippen molar-refractivity contribution in [2.45, 2.75) is 41.0 Å². The number of carbonyl (C=O) groups excluding carboxylic acids is 2. The highest BCUT2D eigenvalue weighted by atomic mass is 16.2. The van der Waals surface area contributed by atoms with Gasteiger partial charge in [0.2, 0.25) is 11.8 Å². The zero-order valence-corrected chi connectivity index (χ0v) is 10.3. The number of nitrogens with one attached hydrogen (secondary N) is 1. The third-order valence-corrected chi connectivity index (χ3v) is 2.24. The van der Waals surface area contributed by atoms with E-state index in [0.717, 1.165) is 6.42 Å². The summed E-state index contributed by atoms with van der Waals surface area (Å²) in [6.45, 7) is 10.1. The van der Waals surface area contributed by atoms with Gasteiger partial charge in [-0.15, -0.1) is 0 Å². The van der Waals surface area contributed by atoms with Crippen molar-refractivity contribution < 1.29 is 9.59 Å². The van der Waals surface area contributed by atoms with Crippen molar-refractivity contribution in [3.05, 3.63) is 0 Å². The minimum atomic E-state index is -0.0950. The molecule has 88 valence electrons. The maximum absolute atomic E-state index is 11.4. The average molecular weight is 214 g/mol. The summed E-state index contributed by atoms with van der Waals surface area (Å²) in [6, 6.07) is 0. The first-order valence-electron chi connectivity index (χ1n) is 5.64. The van der Waals surface area contributed by atoms with Crippen LogP contribution in [-0.4, -0.2) is 23.4 Å². The van der Waals surface area contributed by atoms with E-state index in [1.165, 1.54) is 5.01 Å². The highest BCUT2D eigenvalue weighted by Crippen LogP contribution is 2.14. The summed E-state index contributed by atoms with van der Waals surface area (Å²) < 4.78 is 0. The Hall–Kier alpha value is -1.06. The minimum absolute atomic E-state index is 0.0222. The second-order valence-corrected chi connectivity index (χ2v) is 3.81. The molecule has 0 saturated carbocycles. The molecule has 1 saturated heterocycles. The Bertz CT molecular complexity index is 227. The Morgan fingerprint density at radius 2 is 2.00 bits per heavy atom. The molecule has 1 N–H and O–H groups in total. The van der Waals surface area contributed by atoms with Crippen molar-refractivity contribution in [1.82, 2.24) is 10.4 Å². The maximum atomic E-state index is 11.4. The monoisotopic (exact) mass is 214 g/mol. The summed E-state index contributed by atoms with van der Waals surface area (Å²) >= 11 is 0. The van der Waals surface area contributed by atoms with Gasteiger partial charge in [0.25, 0.3) is 0 Å². The molecule has 4 nitrogen and oxygen atoms in total. The quantitative estimate of drug-likeness (QED) is 0.758. The fraction of sp³-hybridized carbons (Fsp3) is 0.818. The Morgan fingerprint density at radius 3 is 2.33 bits per heavy atom.